The Morgan fingerprint density at radius 3 is 2.54 bits per heavy atom. The molecule has 35 heavy (non-hydrogen) atoms. The predicted molar refractivity (Wildman–Crippen MR) is 132 cm³/mol. The number of halogens is 2. The van der Waals surface area contributed by atoms with E-state index in [1.165, 1.54) is 6.07 Å². The van der Waals surface area contributed by atoms with Crippen molar-refractivity contribution in [1.29, 1.82) is 0 Å². The molecular weight excluding hydrogens is 452 g/mol. The van der Waals surface area contributed by atoms with E-state index in [1.807, 2.05) is 37.3 Å². The molecule has 1 aromatic heterocycles. The Hall–Kier alpha value is -2.81. The number of ether oxygens (including phenoxy) is 2. The summed E-state index contributed by atoms with van der Waals surface area (Å²) >= 11 is 0. The molecule has 0 saturated carbocycles. The van der Waals surface area contributed by atoms with Crippen molar-refractivity contribution in [2.45, 2.75) is 52.7 Å². The van der Waals surface area contributed by atoms with Crippen LogP contribution in [0.4, 0.5) is 8.78 Å². The number of rotatable bonds is 14. The molecule has 0 saturated heterocycles. The molecule has 3 rings (SSSR count). The van der Waals surface area contributed by atoms with E-state index < -0.39 is 17.7 Å². The highest BCUT2D eigenvalue weighted by atomic mass is 19.1. The van der Waals surface area contributed by atoms with Crippen molar-refractivity contribution in [3.8, 4) is 17.3 Å². The minimum atomic E-state index is -0.792. The van der Waals surface area contributed by atoms with Crippen LogP contribution in [0.5, 0.6) is 11.6 Å². The maximum absolute atomic E-state index is 14.5. The molecule has 0 aliphatic heterocycles. The highest BCUT2D eigenvalue weighted by Crippen LogP contribution is 2.33. The third-order valence-electron chi connectivity index (χ3n) is 5.58. The monoisotopic (exact) mass is 487 g/mol. The van der Waals surface area contributed by atoms with Gasteiger partial charge in [0.05, 0.1) is 29.7 Å². The molecule has 1 atom stereocenters. The van der Waals surface area contributed by atoms with Gasteiger partial charge < -0.3 is 14.6 Å². The fourth-order valence-corrected chi connectivity index (χ4v) is 3.82. The summed E-state index contributed by atoms with van der Waals surface area (Å²) in [5, 5.41) is 15.2. The minimum Gasteiger partial charge on any atom is -0.435 e. The van der Waals surface area contributed by atoms with Crippen molar-refractivity contribution < 1.29 is 23.4 Å². The molecule has 0 radical (unpaired) electrons. The molecule has 0 bridgehead atoms. The number of unbranched alkanes of at least 4 members (excludes halogenated alkanes) is 1. The highest BCUT2D eigenvalue weighted by Gasteiger charge is 2.23. The van der Waals surface area contributed by atoms with E-state index in [9.17, 15) is 13.9 Å². The van der Waals surface area contributed by atoms with Gasteiger partial charge in [-0.3, -0.25) is 4.90 Å². The first-order valence-electron chi connectivity index (χ1n) is 12.2. The number of aromatic nitrogens is 2. The van der Waals surface area contributed by atoms with Crippen molar-refractivity contribution in [1.82, 2.24) is 14.7 Å². The van der Waals surface area contributed by atoms with Gasteiger partial charge in [-0.05, 0) is 50.6 Å². The summed E-state index contributed by atoms with van der Waals surface area (Å²) in [4.78, 5) is 2.11. The first-order chi connectivity index (χ1) is 16.9. The smallest absolute Gasteiger partial charge is 0.227 e. The second-order valence-electron chi connectivity index (χ2n) is 8.61. The molecule has 1 N–H and O–H groups in total. The second-order valence-corrected chi connectivity index (χ2v) is 8.61. The summed E-state index contributed by atoms with van der Waals surface area (Å²) in [6.45, 7) is 8.54. The molecular formula is C27H35F2N3O3. The number of aliphatic hydroxyl groups is 1. The van der Waals surface area contributed by atoms with E-state index in [1.54, 1.807) is 4.68 Å². The van der Waals surface area contributed by atoms with Crippen LogP contribution in [0.25, 0.3) is 5.69 Å². The van der Waals surface area contributed by atoms with Gasteiger partial charge in [-0.15, -0.1) is 0 Å². The van der Waals surface area contributed by atoms with Crippen molar-refractivity contribution >= 4 is 0 Å². The van der Waals surface area contributed by atoms with Crippen LogP contribution in [-0.4, -0.2) is 52.2 Å². The van der Waals surface area contributed by atoms with Gasteiger partial charge in [0.15, 0.2) is 11.6 Å². The number of para-hydroxylation sites is 1. The molecule has 0 spiro atoms. The van der Waals surface area contributed by atoms with Crippen LogP contribution in [0.3, 0.4) is 0 Å². The Labute approximate surface area is 206 Å². The van der Waals surface area contributed by atoms with Crippen LogP contribution >= 0.6 is 0 Å². The Balaban J connectivity index is 1.89. The SMILES string of the molecule is CCCCOCC(O)CN(CCC)Cc1c(C)nn(-c2ccccc2)c1Oc1ccc(F)cc1F. The van der Waals surface area contributed by atoms with Crippen LogP contribution in [-0.2, 0) is 11.3 Å². The first kappa shape index (κ1) is 26.8. The molecule has 3 aromatic rings. The van der Waals surface area contributed by atoms with Gasteiger partial charge in [0, 0.05) is 25.8 Å². The normalized spacial score (nSPS) is 12.3. The van der Waals surface area contributed by atoms with Crippen molar-refractivity contribution in [3.63, 3.8) is 0 Å². The van der Waals surface area contributed by atoms with Gasteiger partial charge in [0.25, 0.3) is 0 Å². The molecule has 190 valence electrons. The molecule has 1 unspecified atom stereocenters. The van der Waals surface area contributed by atoms with E-state index in [2.05, 4.69) is 23.8 Å². The fourth-order valence-electron chi connectivity index (χ4n) is 3.82. The van der Waals surface area contributed by atoms with E-state index in [0.29, 0.717) is 25.6 Å². The van der Waals surface area contributed by atoms with Gasteiger partial charge in [0.2, 0.25) is 5.88 Å². The average molecular weight is 488 g/mol. The Morgan fingerprint density at radius 2 is 1.86 bits per heavy atom. The summed E-state index contributed by atoms with van der Waals surface area (Å²) in [5.74, 6) is -1.20. The third kappa shape index (κ3) is 7.59. The van der Waals surface area contributed by atoms with Crippen molar-refractivity contribution in [2.24, 2.45) is 0 Å². The molecule has 0 aliphatic rings. The standard InChI is InChI=1S/C27H35F2N3O3/c1-4-6-15-34-19-23(33)17-31(14-5-2)18-24-20(3)30-32(22-10-8-7-9-11-22)27(24)35-26-13-12-21(28)16-25(26)29/h7-13,16,23,33H,4-6,14-15,17-19H2,1-3H3. The molecule has 0 aliphatic carbocycles. The topological polar surface area (TPSA) is 59.8 Å². The molecule has 2 aromatic carbocycles. The zero-order valence-corrected chi connectivity index (χ0v) is 20.7. The maximum atomic E-state index is 14.5. The van der Waals surface area contributed by atoms with E-state index in [0.717, 1.165) is 54.9 Å². The van der Waals surface area contributed by atoms with E-state index >= 15 is 0 Å². The summed E-state index contributed by atoms with van der Waals surface area (Å²) < 4.78 is 41.2. The maximum Gasteiger partial charge on any atom is 0.227 e. The molecule has 8 heteroatoms. The third-order valence-corrected chi connectivity index (χ3v) is 5.58. The number of nitrogens with zero attached hydrogens (tertiary/aromatic N) is 3. The predicted octanol–water partition coefficient (Wildman–Crippen LogP) is 5.64. The summed E-state index contributed by atoms with van der Waals surface area (Å²) in [5.41, 5.74) is 2.25. The highest BCUT2D eigenvalue weighted by molar-refractivity contribution is 5.43. The Morgan fingerprint density at radius 1 is 1.09 bits per heavy atom. The first-order valence-corrected chi connectivity index (χ1v) is 12.2. The average Bonchev–Trinajstić information content (AvgIpc) is 3.14. The largest absolute Gasteiger partial charge is 0.435 e. The summed E-state index contributed by atoms with van der Waals surface area (Å²) in [6, 6.07) is 12.6. The van der Waals surface area contributed by atoms with Gasteiger partial charge in [-0.1, -0.05) is 38.5 Å². The molecule has 1 heterocycles. The van der Waals surface area contributed by atoms with Gasteiger partial charge >= 0.3 is 0 Å². The quantitative estimate of drug-likeness (QED) is 0.298. The van der Waals surface area contributed by atoms with Gasteiger partial charge in [-0.2, -0.15) is 5.10 Å². The Kier molecular flexibility index (Phi) is 10.2. The lowest BCUT2D eigenvalue weighted by molar-refractivity contribution is 0.0143. The number of hydrogen-bond acceptors (Lipinski definition) is 5. The Bertz CT molecular complexity index is 1060. The number of benzene rings is 2. The zero-order valence-electron chi connectivity index (χ0n) is 20.7. The van der Waals surface area contributed by atoms with Crippen molar-refractivity contribution in [3.05, 3.63) is 71.4 Å². The fraction of sp³-hybridized carbons (Fsp3) is 0.444. The lowest BCUT2D eigenvalue weighted by Gasteiger charge is -2.25. The van der Waals surface area contributed by atoms with E-state index in [-0.39, 0.29) is 12.4 Å². The van der Waals surface area contributed by atoms with Crippen molar-refractivity contribution in [2.75, 3.05) is 26.3 Å². The van der Waals surface area contributed by atoms with Crippen LogP contribution in [0.2, 0.25) is 0 Å². The molecule has 0 amide bonds. The second kappa shape index (κ2) is 13.3. The van der Waals surface area contributed by atoms with Crippen LogP contribution in [0.1, 0.15) is 44.4 Å². The molecule has 0 fully saturated rings. The van der Waals surface area contributed by atoms with Crippen LogP contribution < -0.4 is 4.74 Å². The lowest BCUT2D eigenvalue weighted by atomic mass is 10.2. The van der Waals surface area contributed by atoms with E-state index in [4.69, 9.17) is 9.47 Å². The lowest BCUT2D eigenvalue weighted by Crippen LogP contribution is -2.35. The zero-order chi connectivity index (χ0) is 25.2. The number of hydrogen-bond donors (Lipinski definition) is 1. The number of aliphatic hydroxyl groups excluding tert-OH is 1. The molecule has 6 nitrogen and oxygen atoms in total. The van der Waals surface area contributed by atoms with Gasteiger partial charge in [0.1, 0.15) is 5.82 Å². The van der Waals surface area contributed by atoms with Crippen LogP contribution in [0.15, 0.2) is 48.5 Å². The number of aryl methyl sites for hydroxylation is 1. The summed E-state index contributed by atoms with van der Waals surface area (Å²) in [7, 11) is 0. The van der Waals surface area contributed by atoms with Gasteiger partial charge in [-0.25, -0.2) is 13.5 Å². The minimum absolute atomic E-state index is 0.0869. The van der Waals surface area contributed by atoms with Crippen LogP contribution in [0, 0.1) is 18.6 Å². The summed E-state index contributed by atoms with van der Waals surface area (Å²) in [6.07, 6.45) is 2.25.